The standard InChI is InChI=1S/C19H25N3O2/c1-13(2)18-20-8-9-22(18)14(3)19(23)21-12-15-6-7-17-16(11-15)5-4-10-24-17/h6-9,11,13-14H,4-5,10,12H2,1-3H3,(H,21,23)/t14-/m1/s1. The molecule has 128 valence electrons. The molecule has 0 aliphatic carbocycles. The lowest BCUT2D eigenvalue weighted by Gasteiger charge is -2.19. The third-order valence-electron chi connectivity index (χ3n) is 4.45. The number of imidazole rings is 1. The molecular formula is C19H25N3O2. The largest absolute Gasteiger partial charge is 0.493 e. The van der Waals surface area contributed by atoms with E-state index < -0.39 is 0 Å². The van der Waals surface area contributed by atoms with Crippen LogP contribution in [0.3, 0.4) is 0 Å². The number of nitrogens with zero attached hydrogens (tertiary/aromatic N) is 2. The van der Waals surface area contributed by atoms with Crippen molar-refractivity contribution in [3.05, 3.63) is 47.5 Å². The van der Waals surface area contributed by atoms with Gasteiger partial charge in [0, 0.05) is 24.9 Å². The summed E-state index contributed by atoms with van der Waals surface area (Å²) in [4.78, 5) is 16.8. The Morgan fingerprint density at radius 3 is 3.00 bits per heavy atom. The molecule has 0 saturated heterocycles. The van der Waals surface area contributed by atoms with Crippen molar-refractivity contribution in [2.24, 2.45) is 0 Å². The predicted octanol–water partition coefficient (Wildman–Crippen LogP) is 3.21. The van der Waals surface area contributed by atoms with Crippen LogP contribution in [0.2, 0.25) is 0 Å². The van der Waals surface area contributed by atoms with E-state index in [0.717, 1.165) is 36.6 Å². The molecule has 0 saturated carbocycles. The Morgan fingerprint density at radius 2 is 2.21 bits per heavy atom. The third-order valence-corrected chi connectivity index (χ3v) is 4.45. The zero-order valence-electron chi connectivity index (χ0n) is 14.6. The average molecular weight is 327 g/mol. The van der Waals surface area contributed by atoms with Crippen LogP contribution in [0.15, 0.2) is 30.6 Å². The molecule has 0 radical (unpaired) electrons. The molecule has 1 atom stereocenters. The lowest BCUT2D eigenvalue weighted by atomic mass is 10.0. The highest BCUT2D eigenvalue weighted by atomic mass is 16.5. The van der Waals surface area contributed by atoms with Gasteiger partial charge >= 0.3 is 0 Å². The zero-order chi connectivity index (χ0) is 17.1. The van der Waals surface area contributed by atoms with E-state index in [1.54, 1.807) is 6.20 Å². The van der Waals surface area contributed by atoms with Crippen molar-refractivity contribution >= 4 is 5.91 Å². The molecule has 1 amide bonds. The highest BCUT2D eigenvalue weighted by molar-refractivity contribution is 5.80. The Balaban J connectivity index is 1.64. The number of benzene rings is 1. The van der Waals surface area contributed by atoms with Gasteiger partial charge in [-0.3, -0.25) is 4.79 Å². The van der Waals surface area contributed by atoms with Gasteiger partial charge in [-0.2, -0.15) is 0 Å². The second kappa shape index (κ2) is 7.07. The number of nitrogens with one attached hydrogen (secondary N) is 1. The van der Waals surface area contributed by atoms with Crippen LogP contribution in [0.25, 0.3) is 0 Å². The second-order valence-corrected chi connectivity index (χ2v) is 6.64. The minimum Gasteiger partial charge on any atom is -0.493 e. The van der Waals surface area contributed by atoms with Crippen molar-refractivity contribution in [2.45, 2.75) is 52.1 Å². The van der Waals surface area contributed by atoms with Crippen LogP contribution in [0.1, 0.15) is 56.1 Å². The van der Waals surface area contributed by atoms with Crippen LogP contribution in [-0.4, -0.2) is 22.1 Å². The average Bonchev–Trinajstić information content (AvgIpc) is 3.08. The highest BCUT2D eigenvalue weighted by Gasteiger charge is 2.19. The molecule has 0 fully saturated rings. The predicted molar refractivity (Wildman–Crippen MR) is 93.1 cm³/mol. The molecule has 0 spiro atoms. The number of aryl methyl sites for hydroxylation is 1. The third kappa shape index (κ3) is 3.45. The number of carbonyl (C=O) groups is 1. The van der Waals surface area contributed by atoms with Gasteiger partial charge < -0.3 is 14.6 Å². The molecule has 5 nitrogen and oxygen atoms in total. The van der Waals surface area contributed by atoms with Crippen molar-refractivity contribution in [1.29, 1.82) is 0 Å². The van der Waals surface area contributed by atoms with E-state index in [9.17, 15) is 4.79 Å². The number of carbonyl (C=O) groups excluding carboxylic acids is 1. The number of hydrogen-bond donors (Lipinski definition) is 1. The maximum absolute atomic E-state index is 12.5. The van der Waals surface area contributed by atoms with E-state index >= 15 is 0 Å². The van der Waals surface area contributed by atoms with Gasteiger partial charge in [0.1, 0.15) is 17.6 Å². The molecule has 1 aliphatic rings. The fraction of sp³-hybridized carbons (Fsp3) is 0.474. The van der Waals surface area contributed by atoms with E-state index in [2.05, 4.69) is 30.2 Å². The zero-order valence-corrected chi connectivity index (χ0v) is 14.6. The number of ether oxygens (including phenoxy) is 1. The van der Waals surface area contributed by atoms with Crippen LogP contribution >= 0.6 is 0 Å². The molecule has 24 heavy (non-hydrogen) atoms. The maximum atomic E-state index is 12.5. The molecule has 1 N–H and O–H groups in total. The summed E-state index contributed by atoms with van der Waals surface area (Å²) < 4.78 is 7.57. The number of rotatable bonds is 5. The summed E-state index contributed by atoms with van der Waals surface area (Å²) in [5.74, 6) is 2.20. The van der Waals surface area contributed by atoms with E-state index in [0.29, 0.717) is 6.54 Å². The Morgan fingerprint density at radius 1 is 1.38 bits per heavy atom. The van der Waals surface area contributed by atoms with Gasteiger partial charge in [-0.1, -0.05) is 26.0 Å². The first kappa shape index (κ1) is 16.6. The Labute approximate surface area is 143 Å². The minimum absolute atomic E-state index is 0.00358. The van der Waals surface area contributed by atoms with Gasteiger partial charge in [0.05, 0.1) is 6.61 Å². The molecule has 1 aromatic heterocycles. The molecule has 3 rings (SSSR count). The summed E-state index contributed by atoms with van der Waals surface area (Å²) in [6.07, 6.45) is 5.72. The van der Waals surface area contributed by atoms with Crippen molar-refractivity contribution in [3.8, 4) is 5.75 Å². The Bertz CT molecular complexity index is 721. The summed E-state index contributed by atoms with van der Waals surface area (Å²) in [7, 11) is 0. The fourth-order valence-electron chi connectivity index (χ4n) is 3.09. The van der Waals surface area contributed by atoms with Crippen molar-refractivity contribution in [1.82, 2.24) is 14.9 Å². The SMILES string of the molecule is CC(C)c1nccn1[C@H](C)C(=O)NCc1ccc2c(c1)CCCO2. The number of fused-ring (bicyclic) bond motifs is 1. The van der Waals surface area contributed by atoms with Crippen LogP contribution in [-0.2, 0) is 17.8 Å². The topological polar surface area (TPSA) is 56.2 Å². The monoisotopic (exact) mass is 327 g/mol. The van der Waals surface area contributed by atoms with Crippen LogP contribution in [0.4, 0.5) is 0 Å². The molecule has 1 aliphatic heterocycles. The number of amides is 1. The lowest BCUT2D eigenvalue weighted by molar-refractivity contribution is -0.124. The number of aromatic nitrogens is 2. The van der Waals surface area contributed by atoms with Gasteiger partial charge in [0.2, 0.25) is 5.91 Å². The quantitative estimate of drug-likeness (QED) is 0.917. The van der Waals surface area contributed by atoms with Crippen molar-refractivity contribution in [3.63, 3.8) is 0 Å². The van der Waals surface area contributed by atoms with E-state index in [-0.39, 0.29) is 17.9 Å². The summed E-state index contributed by atoms with van der Waals surface area (Å²) in [6, 6.07) is 5.89. The van der Waals surface area contributed by atoms with E-state index in [1.165, 1.54) is 5.56 Å². The summed E-state index contributed by atoms with van der Waals surface area (Å²) in [6.45, 7) is 7.40. The first-order valence-corrected chi connectivity index (χ1v) is 8.61. The van der Waals surface area contributed by atoms with Crippen molar-refractivity contribution < 1.29 is 9.53 Å². The van der Waals surface area contributed by atoms with Gasteiger partial charge in [-0.25, -0.2) is 4.98 Å². The summed E-state index contributed by atoms with van der Waals surface area (Å²) in [5.41, 5.74) is 2.34. The molecule has 0 bridgehead atoms. The van der Waals surface area contributed by atoms with E-state index in [1.807, 2.05) is 29.8 Å². The number of hydrogen-bond acceptors (Lipinski definition) is 3. The summed E-state index contributed by atoms with van der Waals surface area (Å²) >= 11 is 0. The molecule has 0 unspecified atom stereocenters. The molecular weight excluding hydrogens is 302 g/mol. The Kier molecular flexibility index (Phi) is 4.88. The van der Waals surface area contributed by atoms with E-state index in [4.69, 9.17) is 4.74 Å². The molecule has 5 heteroatoms. The maximum Gasteiger partial charge on any atom is 0.243 e. The first-order chi connectivity index (χ1) is 11.6. The van der Waals surface area contributed by atoms with Gasteiger partial charge in [0.15, 0.2) is 0 Å². The molecule has 1 aromatic carbocycles. The van der Waals surface area contributed by atoms with Crippen LogP contribution in [0, 0.1) is 0 Å². The second-order valence-electron chi connectivity index (χ2n) is 6.64. The van der Waals surface area contributed by atoms with Gasteiger partial charge in [0.25, 0.3) is 0 Å². The van der Waals surface area contributed by atoms with Gasteiger partial charge in [-0.05, 0) is 37.0 Å². The van der Waals surface area contributed by atoms with Crippen LogP contribution < -0.4 is 10.1 Å². The molecule has 2 aromatic rings. The smallest absolute Gasteiger partial charge is 0.243 e. The van der Waals surface area contributed by atoms with Gasteiger partial charge in [-0.15, -0.1) is 0 Å². The van der Waals surface area contributed by atoms with Crippen LogP contribution in [0.5, 0.6) is 5.75 Å². The normalized spacial score (nSPS) is 14.8. The van der Waals surface area contributed by atoms with Crippen molar-refractivity contribution in [2.75, 3.05) is 6.61 Å². The fourth-order valence-corrected chi connectivity index (χ4v) is 3.09. The summed E-state index contributed by atoms with van der Waals surface area (Å²) in [5, 5.41) is 3.03. The highest BCUT2D eigenvalue weighted by Crippen LogP contribution is 2.25. The lowest BCUT2D eigenvalue weighted by Crippen LogP contribution is -2.31. The Hall–Kier alpha value is -2.30. The first-order valence-electron chi connectivity index (χ1n) is 8.61. The molecule has 2 heterocycles. The minimum atomic E-state index is -0.272.